The van der Waals surface area contributed by atoms with E-state index in [0.29, 0.717) is 0 Å². The Morgan fingerprint density at radius 3 is 2.55 bits per heavy atom. The van der Waals surface area contributed by atoms with Crippen LogP contribution in [0.5, 0.6) is 0 Å². The smallest absolute Gasteiger partial charge is 0.237 e. The average molecular weight is 312 g/mol. The van der Waals surface area contributed by atoms with Crippen LogP contribution in [0.4, 0.5) is 0 Å². The second-order valence-electron chi connectivity index (χ2n) is 4.46. The minimum absolute atomic E-state index is 0. The number of thiazole rings is 1. The normalized spacial score (nSPS) is 13.2. The Balaban J connectivity index is 0.00000200. The Morgan fingerprint density at radius 2 is 1.95 bits per heavy atom. The molecular weight excluding hydrogens is 294 g/mol. The summed E-state index contributed by atoms with van der Waals surface area (Å²) >= 11 is 1.54. The molecule has 3 N–H and O–H groups in total. The van der Waals surface area contributed by atoms with Gasteiger partial charge in [0.2, 0.25) is 5.91 Å². The van der Waals surface area contributed by atoms with Crippen molar-refractivity contribution in [3.8, 4) is 11.3 Å². The topological polar surface area (TPSA) is 68.0 Å². The van der Waals surface area contributed by atoms with Crippen molar-refractivity contribution >= 4 is 29.7 Å². The number of carbonyl (C=O) groups is 1. The van der Waals surface area contributed by atoms with E-state index in [9.17, 15) is 4.79 Å². The molecule has 108 valence electrons. The van der Waals surface area contributed by atoms with E-state index < -0.39 is 6.04 Å². The zero-order chi connectivity index (χ0) is 13.8. The van der Waals surface area contributed by atoms with Gasteiger partial charge in [-0.2, -0.15) is 0 Å². The van der Waals surface area contributed by atoms with E-state index in [-0.39, 0.29) is 24.4 Å². The zero-order valence-electron chi connectivity index (χ0n) is 11.4. The fraction of sp³-hybridized carbons (Fsp3) is 0.286. The van der Waals surface area contributed by atoms with Gasteiger partial charge in [-0.3, -0.25) is 4.79 Å². The van der Waals surface area contributed by atoms with Crippen LogP contribution in [0.1, 0.15) is 24.9 Å². The van der Waals surface area contributed by atoms with Crippen LogP contribution in [0.2, 0.25) is 0 Å². The van der Waals surface area contributed by atoms with E-state index in [1.165, 1.54) is 11.3 Å². The van der Waals surface area contributed by atoms with Crippen molar-refractivity contribution in [3.63, 3.8) is 0 Å². The van der Waals surface area contributed by atoms with Crippen LogP contribution in [0.15, 0.2) is 35.7 Å². The lowest BCUT2D eigenvalue weighted by molar-refractivity contribution is -0.122. The van der Waals surface area contributed by atoms with Gasteiger partial charge >= 0.3 is 0 Å². The van der Waals surface area contributed by atoms with Gasteiger partial charge in [0.25, 0.3) is 0 Å². The first-order chi connectivity index (χ1) is 9.08. The molecule has 20 heavy (non-hydrogen) atoms. The van der Waals surface area contributed by atoms with Gasteiger partial charge in [-0.1, -0.05) is 30.3 Å². The first-order valence-corrected chi connectivity index (χ1v) is 7.02. The molecule has 0 radical (unpaired) electrons. The molecule has 6 heteroatoms. The fourth-order valence-corrected chi connectivity index (χ4v) is 2.47. The number of nitrogens with one attached hydrogen (secondary N) is 1. The van der Waals surface area contributed by atoms with Gasteiger partial charge in [0, 0.05) is 10.9 Å². The molecule has 1 aromatic carbocycles. The summed E-state index contributed by atoms with van der Waals surface area (Å²) in [5, 5.41) is 5.73. The molecule has 0 aliphatic carbocycles. The van der Waals surface area contributed by atoms with Gasteiger partial charge in [0.15, 0.2) is 0 Å². The maximum absolute atomic E-state index is 11.5. The second-order valence-corrected chi connectivity index (χ2v) is 5.35. The maximum Gasteiger partial charge on any atom is 0.237 e. The van der Waals surface area contributed by atoms with Crippen molar-refractivity contribution in [1.29, 1.82) is 0 Å². The van der Waals surface area contributed by atoms with Gasteiger partial charge in [-0.05, 0) is 13.8 Å². The molecule has 2 atom stereocenters. The van der Waals surface area contributed by atoms with Crippen molar-refractivity contribution in [3.05, 3.63) is 40.7 Å². The highest BCUT2D eigenvalue weighted by atomic mass is 35.5. The predicted molar refractivity (Wildman–Crippen MR) is 85.0 cm³/mol. The van der Waals surface area contributed by atoms with Gasteiger partial charge < -0.3 is 11.1 Å². The van der Waals surface area contributed by atoms with Gasteiger partial charge in [-0.25, -0.2) is 4.98 Å². The number of nitrogens with zero attached hydrogens (tertiary/aromatic N) is 1. The molecule has 0 saturated heterocycles. The van der Waals surface area contributed by atoms with Crippen LogP contribution in [-0.2, 0) is 4.79 Å². The third kappa shape index (κ3) is 4.03. The van der Waals surface area contributed by atoms with E-state index in [2.05, 4.69) is 10.3 Å². The third-order valence-electron chi connectivity index (χ3n) is 2.73. The van der Waals surface area contributed by atoms with E-state index >= 15 is 0 Å². The highest BCUT2D eigenvalue weighted by Crippen LogP contribution is 2.25. The van der Waals surface area contributed by atoms with Crippen LogP contribution in [0, 0.1) is 0 Å². The van der Waals surface area contributed by atoms with Crippen LogP contribution in [0.25, 0.3) is 11.3 Å². The summed E-state index contributed by atoms with van der Waals surface area (Å²) in [6.07, 6.45) is 0. The predicted octanol–water partition coefficient (Wildman–Crippen LogP) is 2.76. The van der Waals surface area contributed by atoms with E-state index in [0.717, 1.165) is 16.3 Å². The van der Waals surface area contributed by atoms with Gasteiger partial charge in [-0.15, -0.1) is 23.7 Å². The number of carbonyl (C=O) groups excluding carboxylic acids is 1. The maximum atomic E-state index is 11.5. The van der Waals surface area contributed by atoms with Crippen LogP contribution in [0.3, 0.4) is 0 Å². The van der Waals surface area contributed by atoms with Crippen LogP contribution in [-0.4, -0.2) is 16.9 Å². The van der Waals surface area contributed by atoms with Crippen molar-refractivity contribution in [1.82, 2.24) is 10.3 Å². The first kappa shape index (κ1) is 16.6. The molecule has 0 bridgehead atoms. The summed E-state index contributed by atoms with van der Waals surface area (Å²) in [6.45, 7) is 3.58. The highest BCUT2D eigenvalue weighted by Gasteiger charge is 2.15. The molecular formula is C14H18ClN3OS. The monoisotopic (exact) mass is 311 g/mol. The Hall–Kier alpha value is -1.43. The van der Waals surface area contributed by atoms with Crippen molar-refractivity contribution < 1.29 is 4.79 Å². The first-order valence-electron chi connectivity index (χ1n) is 6.14. The second kappa shape index (κ2) is 7.38. The molecule has 1 heterocycles. The molecule has 1 aromatic heterocycles. The van der Waals surface area contributed by atoms with Crippen LogP contribution >= 0.6 is 23.7 Å². The summed E-state index contributed by atoms with van der Waals surface area (Å²) in [5.41, 5.74) is 7.54. The van der Waals surface area contributed by atoms with E-state index in [1.54, 1.807) is 6.92 Å². The summed E-state index contributed by atoms with van der Waals surface area (Å²) in [6, 6.07) is 9.35. The zero-order valence-corrected chi connectivity index (χ0v) is 13.0. The van der Waals surface area contributed by atoms with Crippen molar-refractivity contribution in [2.24, 2.45) is 5.73 Å². The molecule has 2 aromatic rings. The lowest BCUT2D eigenvalue weighted by Gasteiger charge is -2.12. The Labute approximate surface area is 128 Å². The number of halogens is 1. The third-order valence-corrected chi connectivity index (χ3v) is 3.76. The SMILES string of the molecule is CC(NC(=O)[C@H](C)N)c1nc(-c2ccccc2)cs1.Cl. The number of rotatable bonds is 4. The van der Waals surface area contributed by atoms with Crippen LogP contribution < -0.4 is 11.1 Å². The Bertz CT molecular complexity index is 557. The molecule has 4 nitrogen and oxygen atoms in total. The molecule has 0 saturated carbocycles. The standard InChI is InChI=1S/C14H17N3OS.ClH/c1-9(15)13(18)16-10(2)14-17-12(8-19-14)11-6-4-3-5-7-11;/h3-10H,15H2,1-2H3,(H,16,18);1H/t9-,10?;/m0./s1. The van der Waals surface area contributed by atoms with Crippen molar-refractivity contribution in [2.45, 2.75) is 25.9 Å². The van der Waals surface area contributed by atoms with Crippen molar-refractivity contribution in [2.75, 3.05) is 0 Å². The van der Waals surface area contributed by atoms with E-state index in [4.69, 9.17) is 5.73 Å². The summed E-state index contributed by atoms with van der Waals surface area (Å²) < 4.78 is 0. The Morgan fingerprint density at radius 1 is 1.30 bits per heavy atom. The molecule has 0 aliphatic heterocycles. The van der Waals surface area contributed by atoms with E-state index in [1.807, 2.05) is 42.6 Å². The minimum atomic E-state index is -0.504. The average Bonchev–Trinajstić information content (AvgIpc) is 2.89. The lowest BCUT2D eigenvalue weighted by Crippen LogP contribution is -2.39. The fourth-order valence-electron chi connectivity index (χ4n) is 1.63. The Kier molecular flexibility index (Phi) is 6.13. The largest absolute Gasteiger partial charge is 0.346 e. The number of amides is 1. The summed E-state index contributed by atoms with van der Waals surface area (Å²) in [5.74, 6) is -0.163. The molecule has 2 rings (SSSR count). The molecule has 0 fully saturated rings. The number of benzene rings is 1. The number of aromatic nitrogens is 1. The minimum Gasteiger partial charge on any atom is -0.346 e. The molecule has 0 aliphatic rings. The quantitative estimate of drug-likeness (QED) is 0.912. The number of hydrogen-bond acceptors (Lipinski definition) is 4. The van der Waals surface area contributed by atoms with Gasteiger partial charge in [0.1, 0.15) is 5.01 Å². The number of hydrogen-bond donors (Lipinski definition) is 2. The highest BCUT2D eigenvalue weighted by molar-refractivity contribution is 7.10. The lowest BCUT2D eigenvalue weighted by atomic mass is 10.2. The van der Waals surface area contributed by atoms with Gasteiger partial charge in [0.05, 0.1) is 17.8 Å². The summed E-state index contributed by atoms with van der Waals surface area (Å²) in [7, 11) is 0. The summed E-state index contributed by atoms with van der Waals surface area (Å²) in [4.78, 5) is 16.1. The molecule has 0 spiro atoms. The molecule has 1 amide bonds. The number of nitrogens with two attached hydrogens (primary N) is 1. The molecule has 1 unspecified atom stereocenters.